The normalized spacial score (nSPS) is 14.0. The molecule has 0 aliphatic carbocycles. The molecule has 6 nitrogen and oxygen atoms in total. The minimum absolute atomic E-state index is 0.272. The van der Waals surface area contributed by atoms with Crippen molar-refractivity contribution in [1.29, 1.82) is 0 Å². The minimum atomic E-state index is -1.14. The van der Waals surface area contributed by atoms with Crippen molar-refractivity contribution >= 4 is 12.1 Å². The summed E-state index contributed by atoms with van der Waals surface area (Å²) in [4.78, 5) is 24.7. The first kappa shape index (κ1) is 19.0. The first-order chi connectivity index (χ1) is 10.6. The molecule has 0 fully saturated rings. The summed E-state index contributed by atoms with van der Waals surface area (Å²) in [7, 11) is 1.40. The average Bonchev–Trinajstić information content (AvgIpc) is 2.44. The number of carbonyl (C=O) groups excluding carboxylic acids is 1. The second-order valence-corrected chi connectivity index (χ2v) is 6.38. The van der Waals surface area contributed by atoms with E-state index in [1.54, 1.807) is 27.7 Å². The third-order valence-electron chi connectivity index (χ3n) is 3.15. The summed E-state index contributed by atoms with van der Waals surface area (Å²) in [6.07, 6.45) is -1.38. The van der Waals surface area contributed by atoms with Crippen molar-refractivity contribution in [2.75, 3.05) is 7.05 Å². The molecule has 0 radical (unpaired) electrons. The van der Waals surface area contributed by atoms with Crippen LogP contribution in [0.2, 0.25) is 0 Å². The molecule has 0 aliphatic rings. The lowest BCUT2D eigenvalue weighted by Crippen LogP contribution is -2.50. The van der Waals surface area contributed by atoms with Gasteiger partial charge in [0.15, 0.2) is 6.04 Å². The molecule has 0 aliphatic heterocycles. The number of benzene rings is 1. The number of aliphatic carboxylic acids is 1. The third-order valence-corrected chi connectivity index (χ3v) is 3.15. The van der Waals surface area contributed by atoms with Gasteiger partial charge in [-0.2, -0.15) is 0 Å². The quantitative estimate of drug-likeness (QED) is 0.871. The van der Waals surface area contributed by atoms with Gasteiger partial charge >= 0.3 is 12.1 Å². The van der Waals surface area contributed by atoms with E-state index in [2.05, 4.69) is 0 Å². The summed E-state index contributed by atoms with van der Waals surface area (Å²) in [6, 6.07) is 8.30. The lowest BCUT2D eigenvalue weighted by molar-refractivity contribution is -0.148. The maximum Gasteiger partial charge on any atom is 0.410 e. The maximum atomic E-state index is 12.1. The number of carboxylic acid groups (broad SMARTS) is 1. The fraction of sp³-hybridized carbons (Fsp3) is 0.529. The molecule has 0 saturated heterocycles. The minimum Gasteiger partial charge on any atom is -0.480 e. The number of carboxylic acids is 1. The molecule has 1 amide bonds. The SMILES string of the molecule is CC(OCc1ccccc1)[C@H](C(=O)O)N(C)C(=O)OC(C)(C)C. The molecule has 0 aromatic heterocycles. The molecule has 0 bridgehead atoms. The van der Waals surface area contributed by atoms with E-state index in [9.17, 15) is 14.7 Å². The first-order valence-corrected chi connectivity index (χ1v) is 7.46. The molecule has 23 heavy (non-hydrogen) atoms. The molecule has 1 aromatic rings. The van der Waals surface area contributed by atoms with Crippen LogP contribution in [-0.4, -0.2) is 46.9 Å². The van der Waals surface area contributed by atoms with Crippen LogP contribution < -0.4 is 0 Å². The second kappa shape index (κ2) is 7.97. The zero-order valence-electron chi connectivity index (χ0n) is 14.3. The molecule has 1 rings (SSSR count). The molecule has 0 spiro atoms. The zero-order valence-corrected chi connectivity index (χ0v) is 14.3. The Morgan fingerprint density at radius 2 is 1.78 bits per heavy atom. The van der Waals surface area contributed by atoms with Gasteiger partial charge in [0.25, 0.3) is 0 Å². The molecule has 0 saturated carbocycles. The van der Waals surface area contributed by atoms with Crippen LogP contribution in [0, 0.1) is 0 Å². The van der Waals surface area contributed by atoms with Gasteiger partial charge in [-0.25, -0.2) is 9.59 Å². The Kier molecular flexibility index (Phi) is 6.57. The Bertz CT molecular complexity index is 524. The number of rotatable bonds is 6. The van der Waals surface area contributed by atoms with Crippen LogP contribution in [0.15, 0.2) is 30.3 Å². The van der Waals surface area contributed by atoms with Crippen LogP contribution in [0.4, 0.5) is 4.79 Å². The molecular formula is C17H25NO5. The van der Waals surface area contributed by atoms with Crippen molar-refractivity contribution in [2.45, 2.75) is 52.0 Å². The van der Waals surface area contributed by atoms with Gasteiger partial charge in [-0.1, -0.05) is 30.3 Å². The van der Waals surface area contributed by atoms with Crippen LogP contribution in [-0.2, 0) is 20.9 Å². The topological polar surface area (TPSA) is 76.1 Å². The van der Waals surface area contributed by atoms with Crippen LogP contribution in [0.3, 0.4) is 0 Å². The molecule has 1 unspecified atom stereocenters. The highest BCUT2D eigenvalue weighted by Gasteiger charge is 2.34. The van der Waals surface area contributed by atoms with Gasteiger partial charge in [0.2, 0.25) is 0 Å². The van der Waals surface area contributed by atoms with Gasteiger partial charge in [-0.3, -0.25) is 4.90 Å². The number of likely N-dealkylation sites (N-methyl/N-ethyl adjacent to an activating group) is 1. The Morgan fingerprint density at radius 1 is 1.22 bits per heavy atom. The highest BCUT2D eigenvalue weighted by atomic mass is 16.6. The van der Waals surface area contributed by atoms with Gasteiger partial charge < -0.3 is 14.6 Å². The van der Waals surface area contributed by atoms with Crippen LogP contribution in [0.25, 0.3) is 0 Å². The molecule has 1 aromatic carbocycles. The van der Waals surface area contributed by atoms with E-state index in [0.717, 1.165) is 10.5 Å². The Labute approximate surface area is 137 Å². The molecule has 128 valence electrons. The number of amides is 1. The van der Waals surface area contributed by atoms with Crippen molar-refractivity contribution in [2.24, 2.45) is 0 Å². The summed E-state index contributed by atoms with van der Waals surface area (Å²) in [5.74, 6) is -1.14. The molecule has 1 N–H and O–H groups in total. The van der Waals surface area contributed by atoms with E-state index in [0.29, 0.717) is 0 Å². The van der Waals surface area contributed by atoms with Gasteiger partial charge in [0.05, 0.1) is 12.7 Å². The average molecular weight is 323 g/mol. The van der Waals surface area contributed by atoms with Crippen molar-refractivity contribution < 1.29 is 24.2 Å². The summed E-state index contributed by atoms with van der Waals surface area (Å²) < 4.78 is 10.8. The third kappa shape index (κ3) is 6.28. The summed E-state index contributed by atoms with van der Waals surface area (Å²) in [5.41, 5.74) is 0.242. The number of hydrogen-bond acceptors (Lipinski definition) is 4. The highest BCUT2D eigenvalue weighted by molar-refractivity contribution is 5.80. The van der Waals surface area contributed by atoms with E-state index in [-0.39, 0.29) is 6.61 Å². The largest absolute Gasteiger partial charge is 0.480 e. The highest BCUT2D eigenvalue weighted by Crippen LogP contribution is 2.15. The van der Waals surface area contributed by atoms with E-state index in [4.69, 9.17) is 9.47 Å². The van der Waals surface area contributed by atoms with E-state index >= 15 is 0 Å². The fourth-order valence-electron chi connectivity index (χ4n) is 2.02. The predicted molar refractivity (Wildman–Crippen MR) is 86.1 cm³/mol. The zero-order chi connectivity index (χ0) is 17.6. The lowest BCUT2D eigenvalue weighted by Gasteiger charge is -2.31. The van der Waals surface area contributed by atoms with Gasteiger partial charge in [0, 0.05) is 7.05 Å². The van der Waals surface area contributed by atoms with Gasteiger partial charge in [0.1, 0.15) is 5.60 Å². The molecular weight excluding hydrogens is 298 g/mol. The van der Waals surface area contributed by atoms with Crippen LogP contribution >= 0.6 is 0 Å². The fourth-order valence-corrected chi connectivity index (χ4v) is 2.02. The van der Waals surface area contributed by atoms with Crippen molar-refractivity contribution in [3.63, 3.8) is 0 Å². The van der Waals surface area contributed by atoms with Crippen molar-refractivity contribution in [3.05, 3.63) is 35.9 Å². The number of hydrogen-bond donors (Lipinski definition) is 1. The van der Waals surface area contributed by atoms with E-state index in [1.165, 1.54) is 7.05 Å². The smallest absolute Gasteiger partial charge is 0.410 e. The molecule has 0 heterocycles. The van der Waals surface area contributed by atoms with Gasteiger partial charge in [-0.15, -0.1) is 0 Å². The summed E-state index contributed by atoms with van der Waals surface area (Å²) in [6.45, 7) is 7.08. The second-order valence-electron chi connectivity index (χ2n) is 6.38. The Hall–Kier alpha value is -2.08. The van der Waals surface area contributed by atoms with Crippen LogP contribution in [0.1, 0.15) is 33.3 Å². The maximum absolute atomic E-state index is 12.1. The van der Waals surface area contributed by atoms with Crippen molar-refractivity contribution in [3.8, 4) is 0 Å². The lowest BCUT2D eigenvalue weighted by atomic mass is 10.1. The van der Waals surface area contributed by atoms with Crippen molar-refractivity contribution in [1.82, 2.24) is 4.90 Å². The summed E-state index contributed by atoms with van der Waals surface area (Å²) in [5, 5.41) is 9.43. The predicted octanol–water partition coefficient (Wildman–Crippen LogP) is 2.91. The summed E-state index contributed by atoms with van der Waals surface area (Å²) >= 11 is 0. The molecule has 2 atom stereocenters. The van der Waals surface area contributed by atoms with Crippen LogP contribution in [0.5, 0.6) is 0 Å². The molecule has 6 heteroatoms. The van der Waals surface area contributed by atoms with Gasteiger partial charge in [-0.05, 0) is 33.3 Å². The number of carbonyl (C=O) groups is 2. The number of nitrogens with zero attached hydrogens (tertiary/aromatic N) is 1. The Morgan fingerprint density at radius 3 is 2.26 bits per heavy atom. The van der Waals surface area contributed by atoms with E-state index < -0.39 is 29.8 Å². The monoisotopic (exact) mass is 323 g/mol. The standard InChI is InChI=1S/C17H25NO5/c1-12(22-11-13-9-7-6-8-10-13)14(15(19)20)18(5)16(21)23-17(2,3)4/h6-10,12,14H,11H2,1-5H3,(H,19,20)/t12?,14-/m1/s1. The van der Waals surface area contributed by atoms with E-state index in [1.807, 2.05) is 30.3 Å². The first-order valence-electron chi connectivity index (χ1n) is 7.46. The Balaban J connectivity index is 2.72. The number of ether oxygens (including phenoxy) is 2.